The summed E-state index contributed by atoms with van der Waals surface area (Å²) >= 11 is 0. The molecule has 0 aliphatic carbocycles. The molecule has 1 heteroatoms. The lowest BCUT2D eigenvalue weighted by atomic mass is 9.92. The van der Waals surface area contributed by atoms with E-state index in [1.807, 2.05) is 0 Å². The van der Waals surface area contributed by atoms with Gasteiger partial charge in [0.05, 0.1) is 0 Å². The van der Waals surface area contributed by atoms with Crippen molar-refractivity contribution in [1.29, 1.82) is 0 Å². The topological polar surface area (TPSA) is 26.0 Å². The third-order valence-corrected chi connectivity index (χ3v) is 1.94. The van der Waals surface area contributed by atoms with Gasteiger partial charge < -0.3 is 5.73 Å². The summed E-state index contributed by atoms with van der Waals surface area (Å²) in [6, 6.07) is 0.190. The van der Waals surface area contributed by atoms with Crippen LogP contribution in [0.4, 0.5) is 0 Å². The third-order valence-electron chi connectivity index (χ3n) is 1.94. The van der Waals surface area contributed by atoms with Gasteiger partial charge in [-0.3, -0.25) is 0 Å². The molecule has 66 valence electrons. The summed E-state index contributed by atoms with van der Waals surface area (Å²) < 4.78 is 0. The SMILES string of the molecule is C=C(C(C)C)C(N)CC(C)C. The Morgan fingerprint density at radius 2 is 1.73 bits per heavy atom. The van der Waals surface area contributed by atoms with Gasteiger partial charge in [-0.1, -0.05) is 39.8 Å². The van der Waals surface area contributed by atoms with Crippen molar-refractivity contribution < 1.29 is 0 Å². The van der Waals surface area contributed by atoms with E-state index >= 15 is 0 Å². The maximum atomic E-state index is 5.92. The molecule has 0 amide bonds. The molecule has 1 atom stereocenters. The molecule has 1 nitrogen and oxygen atoms in total. The molecule has 0 aliphatic heterocycles. The minimum absolute atomic E-state index is 0.190. The average Bonchev–Trinajstić information content (AvgIpc) is 1.84. The molecule has 0 aromatic carbocycles. The van der Waals surface area contributed by atoms with Gasteiger partial charge in [0.25, 0.3) is 0 Å². The van der Waals surface area contributed by atoms with E-state index in [1.54, 1.807) is 0 Å². The number of hydrogen-bond acceptors (Lipinski definition) is 1. The summed E-state index contributed by atoms with van der Waals surface area (Å²) in [5, 5.41) is 0. The van der Waals surface area contributed by atoms with Gasteiger partial charge in [0, 0.05) is 6.04 Å². The minimum Gasteiger partial charge on any atom is -0.324 e. The monoisotopic (exact) mass is 155 g/mol. The van der Waals surface area contributed by atoms with E-state index in [0.717, 1.165) is 6.42 Å². The third kappa shape index (κ3) is 4.20. The van der Waals surface area contributed by atoms with E-state index < -0.39 is 0 Å². The van der Waals surface area contributed by atoms with E-state index in [4.69, 9.17) is 5.73 Å². The van der Waals surface area contributed by atoms with Gasteiger partial charge in [0.15, 0.2) is 0 Å². The molecule has 1 unspecified atom stereocenters. The van der Waals surface area contributed by atoms with E-state index in [-0.39, 0.29) is 6.04 Å². The van der Waals surface area contributed by atoms with Crippen molar-refractivity contribution in [2.45, 2.75) is 40.2 Å². The molecule has 0 spiro atoms. The van der Waals surface area contributed by atoms with Crippen molar-refractivity contribution in [2.75, 3.05) is 0 Å². The van der Waals surface area contributed by atoms with E-state index in [2.05, 4.69) is 34.3 Å². The molecule has 0 aliphatic rings. The van der Waals surface area contributed by atoms with Crippen LogP contribution in [0.25, 0.3) is 0 Å². The lowest BCUT2D eigenvalue weighted by Crippen LogP contribution is -2.26. The maximum absolute atomic E-state index is 5.92. The van der Waals surface area contributed by atoms with Gasteiger partial charge in [-0.05, 0) is 18.3 Å². The van der Waals surface area contributed by atoms with Crippen LogP contribution in [0, 0.1) is 11.8 Å². The number of hydrogen-bond donors (Lipinski definition) is 1. The first-order valence-corrected chi connectivity index (χ1v) is 4.39. The van der Waals surface area contributed by atoms with Crippen LogP contribution < -0.4 is 5.73 Å². The second kappa shape index (κ2) is 4.55. The van der Waals surface area contributed by atoms with Crippen molar-refractivity contribution in [3.8, 4) is 0 Å². The fourth-order valence-electron chi connectivity index (χ4n) is 1.09. The molecule has 0 saturated carbocycles. The average molecular weight is 155 g/mol. The van der Waals surface area contributed by atoms with Crippen LogP contribution in [0.15, 0.2) is 12.2 Å². The van der Waals surface area contributed by atoms with Crippen molar-refractivity contribution in [3.63, 3.8) is 0 Å². The molecule has 0 rings (SSSR count). The van der Waals surface area contributed by atoms with E-state index in [0.29, 0.717) is 11.8 Å². The predicted octanol–water partition coefficient (Wildman–Crippen LogP) is 2.57. The van der Waals surface area contributed by atoms with Gasteiger partial charge in [0.2, 0.25) is 0 Å². The highest BCUT2D eigenvalue weighted by Gasteiger charge is 2.11. The summed E-state index contributed by atoms with van der Waals surface area (Å²) in [6.07, 6.45) is 1.05. The van der Waals surface area contributed by atoms with Crippen molar-refractivity contribution in [2.24, 2.45) is 17.6 Å². The van der Waals surface area contributed by atoms with E-state index in [1.165, 1.54) is 5.57 Å². The summed E-state index contributed by atoms with van der Waals surface area (Å²) in [5.41, 5.74) is 7.10. The van der Waals surface area contributed by atoms with Crippen LogP contribution in [-0.4, -0.2) is 6.04 Å². The zero-order valence-corrected chi connectivity index (χ0v) is 8.22. The van der Waals surface area contributed by atoms with Gasteiger partial charge >= 0.3 is 0 Å². The Morgan fingerprint density at radius 1 is 1.27 bits per heavy atom. The zero-order valence-electron chi connectivity index (χ0n) is 8.22. The molecular formula is C10H21N. The number of nitrogens with two attached hydrogens (primary N) is 1. The Labute approximate surface area is 70.7 Å². The molecule has 0 radical (unpaired) electrons. The molecule has 11 heavy (non-hydrogen) atoms. The molecule has 0 saturated heterocycles. The Kier molecular flexibility index (Phi) is 4.43. The van der Waals surface area contributed by atoms with Crippen molar-refractivity contribution >= 4 is 0 Å². The lowest BCUT2D eigenvalue weighted by molar-refractivity contribution is 0.507. The van der Waals surface area contributed by atoms with Crippen LogP contribution in [-0.2, 0) is 0 Å². The smallest absolute Gasteiger partial charge is 0.0255 e. The number of rotatable bonds is 4. The van der Waals surface area contributed by atoms with Crippen LogP contribution in [0.2, 0.25) is 0 Å². The van der Waals surface area contributed by atoms with Gasteiger partial charge in [0.1, 0.15) is 0 Å². The molecule has 2 N–H and O–H groups in total. The zero-order chi connectivity index (χ0) is 9.02. The van der Waals surface area contributed by atoms with Crippen molar-refractivity contribution in [1.82, 2.24) is 0 Å². The second-order valence-corrected chi connectivity index (χ2v) is 3.97. The Bertz CT molecular complexity index is 125. The largest absolute Gasteiger partial charge is 0.324 e. The quantitative estimate of drug-likeness (QED) is 0.620. The highest BCUT2D eigenvalue weighted by molar-refractivity contribution is 5.06. The summed E-state index contributed by atoms with van der Waals surface area (Å²) in [6.45, 7) is 12.6. The Morgan fingerprint density at radius 3 is 2.00 bits per heavy atom. The van der Waals surface area contributed by atoms with Gasteiger partial charge in [-0.25, -0.2) is 0 Å². The predicted molar refractivity (Wildman–Crippen MR) is 51.4 cm³/mol. The standard InChI is InChI=1S/C10H21N/c1-7(2)6-10(11)9(5)8(3)4/h7-8,10H,5-6,11H2,1-4H3. The van der Waals surface area contributed by atoms with E-state index in [9.17, 15) is 0 Å². The second-order valence-electron chi connectivity index (χ2n) is 3.97. The van der Waals surface area contributed by atoms with Crippen LogP contribution in [0.5, 0.6) is 0 Å². The lowest BCUT2D eigenvalue weighted by Gasteiger charge is -2.19. The fourth-order valence-corrected chi connectivity index (χ4v) is 1.09. The first-order chi connectivity index (χ1) is 4.95. The summed E-state index contributed by atoms with van der Waals surface area (Å²) in [7, 11) is 0. The normalized spacial score (nSPS) is 14.1. The minimum atomic E-state index is 0.190. The molecular weight excluding hydrogens is 134 g/mol. The van der Waals surface area contributed by atoms with Gasteiger partial charge in [-0.2, -0.15) is 0 Å². The highest BCUT2D eigenvalue weighted by Crippen LogP contribution is 2.15. The van der Waals surface area contributed by atoms with Crippen LogP contribution >= 0.6 is 0 Å². The molecule has 0 bridgehead atoms. The first-order valence-electron chi connectivity index (χ1n) is 4.39. The Balaban J connectivity index is 3.83. The Hall–Kier alpha value is -0.300. The molecule has 0 aromatic rings. The summed E-state index contributed by atoms with van der Waals surface area (Å²) in [4.78, 5) is 0. The first kappa shape index (κ1) is 10.7. The molecule has 0 heterocycles. The maximum Gasteiger partial charge on any atom is 0.0255 e. The highest BCUT2D eigenvalue weighted by atomic mass is 14.6. The van der Waals surface area contributed by atoms with Crippen LogP contribution in [0.3, 0.4) is 0 Å². The fraction of sp³-hybridized carbons (Fsp3) is 0.800. The summed E-state index contributed by atoms with van der Waals surface area (Å²) in [5.74, 6) is 1.18. The van der Waals surface area contributed by atoms with Crippen LogP contribution in [0.1, 0.15) is 34.1 Å². The van der Waals surface area contributed by atoms with Gasteiger partial charge in [-0.15, -0.1) is 0 Å². The van der Waals surface area contributed by atoms with Crippen molar-refractivity contribution in [3.05, 3.63) is 12.2 Å². The molecule has 0 aromatic heterocycles. The molecule has 0 fully saturated rings.